The summed E-state index contributed by atoms with van der Waals surface area (Å²) >= 11 is 0. The van der Waals surface area contributed by atoms with Crippen LogP contribution in [0.5, 0.6) is 11.5 Å². The Bertz CT molecular complexity index is 729. The molecule has 122 valence electrons. The second kappa shape index (κ2) is 5.87. The van der Waals surface area contributed by atoms with Crippen LogP contribution in [0, 0.1) is 13.8 Å². The van der Waals surface area contributed by atoms with Gasteiger partial charge in [0.25, 0.3) is 0 Å². The molecule has 1 aliphatic rings. The van der Waals surface area contributed by atoms with Crippen molar-refractivity contribution in [2.24, 2.45) is 0 Å². The quantitative estimate of drug-likeness (QED) is 0.812. The number of aryl methyl sites for hydroxylation is 2. The number of phenolic OH excluding ortho intramolecular Hbond substituents is 1. The van der Waals surface area contributed by atoms with Gasteiger partial charge < -0.3 is 20.3 Å². The van der Waals surface area contributed by atoms with Crippen molar-refractivity contribution in [1.82, 2.24) is 5.32 Å². The van der Waals surface area contributed by atoms with Crippen LogP contribution < -0.4 is 10.1 Å². The van der Waals surface area contributed by atoms with Gasteiger partial charge >= 0.3 is 0 Å². The predicted molar refractivity (Wildman–Crippen MR) is 90.0 cm³/mol. The van der Waals surface area contributed by atoms with E-state index in [0.717, 1.165) is 22.3 Å². The Morgan fingerprint density at radius 1 is 1.22 bits per heavy atom. The molecule has 4 nitrogen and oxygen atoms in total. The average Bonchev–Trinajstić information content (AvgIpc) is 2.74. The monoisotopic (exact) mass is 313 g/mol. The molecule has 23 heavy (non-hydrogen) atoms. The molecule has 4 heteroatoms. The lowest BCUT2D eigenvalue weighted by atomic mass is 9.97. The Hall–Kier alpha value is -2.04. The largest absolute Gasteiger partial charge is 0.508 e. The zero-order valence-corrected chi connectivity index (χ0v) is 13.8. The van der Waals surface area contributed by atoms with E-state index in [0.29, 0.717) is 18.7 Å². The van der Waals surface area contributed by atoms with Crippen molar-refractivity contribution in [1.29, 1.82) is 0 Å². The van der Waals surface area contributed by atoms with Gasteiger partial charge in [0, 0.05) is 13.0 Å². The molecule has 3 N–H and O–H groups in total. The van der Waals surface area contributed by atoms with Crippen molar-refractivity contribution in [2.75, 3.05) is 13.6 Å². The van der Waals surface area contributed by atoms with E-state index in [9.17, 15) is 10.2 Å². The summed E-state index contributed by atoms with van der Waals surface area (Å²) in [5.41, 5.74) is 3.16. The molecule has 0 bridgehead atoms. The molecular weight excluding hydrogens is 290 g/mol. The Kier molecular flexibility index (Phi) is 4.04. The number of hydrogen-bond acceptors (Lipinski definition) is 4. The van der Waals surface area contributed by atoms with Crippen molar-refractivity contribution in [3.63, 3.8) is 0 Å². The molecule has 0 aliphatic heterocycles. The molecule has 2 aromatic carbocycles. The van der Waals surface area contributed by atoms with Crippen molar-refractivity contribution in [3.05, 3.63) is 58.7 Å². The van der Waals surface area contributed by atoms with E-state index in [1.807, 2.05) is 20.9 Å². The van der Waals surface area contributed by atoms with E-state index in [1.165, 1.54) is 0 Å². The van der Waals surface area contributed by atoms with Gasteiger partial charge in [-0.25, -0.2) is 0 Å². The van der Waals surface area contributed by atoms with Gasteiger partial charge in [-0.15, -0.1) is 0 Å². The molecule has 0 fully saturated rings. The lowest BCUT2D eigenvalue weighted by molar-refractivity contribution is -0.0487. The Morgan fingerprint density at radius 3 is 2.70 bits per heavy atom. The maximum absolute atomic E-state index is 11.1. The molecule has 3 rings (SSSR count). The van der Waals surface area contributed by atoms with Crippen LogP contribution in [0.4, 0.5) is 0 Å². The molecule has 0 amide bonds. The first-order valence-electron chi connectivity index (χ1n) is 7.85. The van der Waals surface area contributed by atoms with Crippen molar-refractivity contribution < 1.29 is 14.9 Å². The maximum Gasteiger partial charge on any atom is 0.154 e. The summed E-state index contributed by atoms with van der Waals surface area (Å²) in [5, 5.41) is 23.8. The SMILES string of the molecule is CNCC1(O)Cc2ccc(C)cc2C1Oc1ccc(O)cc1C. The van der Waals surface area contributed by atoms with Gasteiger partial charge in [-0.2, -0.15) is 0 Å². The smallest absolute Gasteiger partial charge is 0.154 e. The Labute approximate surface area is 136 Å². The Balaban J connectivity index is 2.01. The van der Waals surface area contributed by atoms with Crippen LogP contribution in [0.25, 0.3) is 0 Å². The zero-order chi connectivity index (χ0) is 16.6. The van der Waals surface area contributed by atoms with Crippen LogP contribution in [-0.2, 0) is 6.42 Å². The number of fused-ring (bicyclic) bond motifs is 1. The minimum absolute atomic E-state index is 0.211. The highest BCUT2D eigenvalue weighted by Gasteiger charge is 2.46. The molecule has 0 radical (unpaired) electrons. The van der Waals surface area contributed by atoms with Crippen LogP contribution in [0.15, 0.2) is 36.4 Å². The number of benzene rings is 2. The number of hydrogen-bond donors (Lipinski definition) is 3. The van der Waals surface area contributed by atoms with Crippen LogP contribution in [0.1, 0.15) is 28.4 Å². The molecule has 0 saturated heterocycles. The van der Waals surface area contributed by atoms with Gasteiger partial charge in [-0.1, -0.05) is 23.8 Å². The first-order chi connectivity index (χ1) is 10.9. The standard InChI is InChI=1S/C19H23NO3/c1-12-4-5-14-10-19(22,11-20-3)18(16(14)8-12)23-17-7-6-15(21)9-13(17)2/h4-9,18,20-22H,10-11H2,1-3H3. The van der Waals surface area contributed by atoms with Crippen LogP contribution in [-0.4, -0.2) is 29.4 Å². The minimum atomic E-state index is -0.991. The van der Waals surface area contributed by atoms with Gasteiger partial charge in [0.15, 0.2) is 6.10 Å². The second-order valence-corrected chi connectivity index (χ2v) is 6.46. The first-order valence-corrected chi connectivity index (χ1v) is 7.85. The number of aliphatic hydroxyl groups is 1. The molecule has 2 atom stereocenters. The summed E-state index contributed by atoms with van der Waals surface area (Å²) in [5.74, 6) is 0.889. The fourth-order valence-corrected chi connectivity index (χ4v) is 3.36. The summed E-state index contributed by atoms with van der Waals surface area (Å²) in [6.07, 6.45) is 0.124. The van der Waals surface area contributed by atoms with E-state index in [-0.39, 0.29) is 5.75 Å². The molecular formula is C19H23NO3. The van der Waals surface area contributed by atoms with Crippen LogP contribution in [0.2, 0.25) is 0 Å². The van der Waals surface area contributed by atoms with E-state index < -0.39 is 11.7 Å². The highest BCUT2D eigenvalue weighted by molar-refractivity contribution is 5.44. The lowest BCUT2D eigenvalue weighted by Crippen LogP contribution is -2.45. The van der Waals surface area contributed by atoms with Gasteiger partial charge in [0.05, 0.1) is 0 Å². The molecule has 0 saturated carbocycles. The van der Waals surface area contributed by atoms with Gasteiger partial charge in [0.2, 0.25) is 0 Å². The van der Waals surface area contributed by atoms with Crippen molar-refractivity contribution in [3.8, 4) is 11.5 Å². The topological polar surface area (TPSA) is 61.7 Å². The van der Waals surface area contributed by atoms with Crippen LogP contribution in [0.3, 0.4) is 0 Å². The average molecular weight is 313 g/mol. The molecule has 2 aromatic rings. The summed E-state index contributed by atoms with van der Waals surface area (Å²) in [6, 6.07) is 11.2. The number of nitrogens with one attached hydrogen (secondary N) is 1. The van der Waals surface area contributed by atoms with Crippen molar-refractivity contribution in [2.45, 2.75) is 32.0 Å². The van der Waals surface area contributed by atoms with Crippen LogP contribution >= 0.6 is 0 Å². The van der Waals surface area contributed by atoms with Crippen molar-refractivity contribution >= 4 is 0 Å². The molecule has 2 unspecified atom stereocenters. The highest BCUT2D eigenvalue weighted by Crippen LogP contribution is 2.43. The van der Waals surface area contributed by atoms with E-state index >= 15 is 0 Å². The molecule has 0 heterocycles. The fraction of sp³-hybridized carbons (Fsp3) is 0.368. The predicted octanol–water partition coefficient (Wildman–Crippen LogP) is 2.64. The number of aromatic hydroxyl groups is 1. The third-order valence-corrected chi connectivity index (χ3v) is 4.45. The zero-order valence-electron chi connectivity index (χ0n) is 13.8. The maximum atomic E-state index is 11.1. The summed E-state index contributed by atoms with van der Waals surface area (Å²) in [6.45, 7) is 4.37. The fourth-order valence-electron chi connectivity index (χ4n) is 3.36. The third-order valence-electron chi connectivity index (χ3n) is 4.45. The normalized spacial score (nSPS) is 22.9. The van der Waals surface area contributed by atoms with Gasteiger partial charge in [0.1, 0.15) is 17.1 Å². The van der Waals surface area contributed by atoms with Gasteiger partial charge in [-0.05, 0) is 55.8 Å². The molecule has 0 spiro atoms. The molecule has 1 aliphatic carbocycles. The van der Waals surface area contributed by atoms with Gasteiger partial charge in [-0.3, -0.25) is 0 Å². The minimum Gasteiger partial charge on any atom is -0.508 e. The van der Waals surface area contributed by atoms with E-state index in [2.05, 4.69) is 23.5 Å². The number of likely N-dealkylation sites (N-methyl/N-ethyl adjacent to an activating group) is 1. The third kappa shape index (κ3) is 2.92. The summed E-state index contributed by atoms with van der Waals surface area (Å²) in [7, 11) is 1.83. The first kappa shape index (κ1) is 15.8. The second-order valence-electron chi connectivity index (χ2n) is 6.46. The number of rotatable bonds is 4. The molecule has 0 aromatic heterocycles. The summed E-state index contributed by atoms with van der Waals surface area (Å²) in [4.78, 5) is 0. The lowest BCUT2D eigenvalue weighted by Gasteiger charge is -2.31. The van der Waals surface area contributed by atoms with E-state index in [1.54, 1.807) is 18.2 Å². The highest BCUT2D eigenvalue weighted by atomic mass is 16.5. The number of phenols is 1. The number of ether oxygens (including phenoxy) is 1. The summed E-state index contributed by atoms with van der Waals surface area (Å²) < 4.78 is 6.21. The van der Waals surface area contributed by atoms with E-state index in [4.69, 9.17) is 4.74 Å². The Morgan fingerprint density at radius 2 is 2.00 bits per heavy atom.